The van der Waals surface area contributed by atoms with Gasteiger partial charge in [-0.1, -0.05) is 13.8 Å². The Balaban J connectivity index is 1.74. The van der Waals surface area contributed by atoms with Gasteiger partial charge < -0.3 is 15.5 Å². The zero-order valence-electron chi connectivity index (χ0n) is 12.4. The van der Waals surface area contributed by atoms with E-state index in [9.17, 15) is 0 Å². The van der Waals surface area contributed by atoms with Crippen molar-refractivity contribution >= 4 is 11.6 Å². The van der Waals surface area contributed by atoms with Gasteiger partial charge in [0.1, 0.15) is 17.5 Å². The van der Waals surface area contributed by atoms with Crippen molar-refractivity contribution in [1.82, 2.24) is 9.97 Å². The van der Waals surface area contributed by atoms with E-state index in [2.05, 4.69) is 34.6 Å². The molecule has 1 aromatic rings. The predicted octanol–water partition coefficient (Wildman–Crippen LogP) is 2.11. The van der Waals surface area contributed by atoms with Gasteiger partial charge in [-0.05, 0) is 25.2 Å². The van der Waals surface area contributed by atoms with Crippen LogP contribution in [0.15, 0.2) is 6.07 Å². The fourth-order valence-corrected chi connectivity index (χ4v) is 1.81. The molecule has 1 heterocycles. The largest absolute Gasteiger partial charge is 0.381 e. The molecule has 1 fully saturated rings. The van der Waals surface area contributed by atoms with E-state index in [0.717, 1.165) is 43.7 Å². The molecule has 0 saturated heterocycles. The summed E-state index contributed by atoms with van der Waals surface area (Å²) in [5.74, 6) is 8.75. The molecule has 4 N–H and O–H groups in total. The van der Waals surface area contributed by atoms with Gasteiger partial charge in [-0.15, -0.1) is 0 Å². The topological polar surface area (TPSA) is 85.1 Å². The molecule has 6 heteroatoms. The van der Waals surface area contributed by atoms with E-state index < -0.39 is 0 Å². The van der Waals surface area contributed by atoms with Crippen molar-refractivity contribution in [3.63, 3.8) is 0 Å². The van der Waals surface area contributed by atoms with Gasteiger partial charge in [0.15, 0.2) is 0 Å². The third-order valence-electron chi connectivity index (χ3n) is 3.23. The van der Waals surface area contributed by atoms with Crippen LogP contribution in [0.5, 0.6) is 0 Å². The van der Waals surface area contributed by atoms with Gasteiger partial charge in [0.25, 0.3) is 0 Å². The van der Waals surface area contributed by atoms with E-state index in [1.807, 2.05) is 6.07 Å². The Kier molecular flexibility index (Phi) is 5.55. The third-order valence-corrected chi connectivity index (χ3v) is 3.23. The number of aromatic nitrogens is 2. The molecule has 0 bridgehead atoms. The molecule has 1 aliphatic rings. The van der Waals surface area contributed by atoms with Crippen LogP contribution in [0, 0.1) is 5.92 Å². The summed E-state index contributed by atoms with van der Waals surface area (Å²) >= 11 is 0. The summed E-state index contributed by atoms with van der Waals surface area (Å²) in [5.41, 5.74) is 2.58. The maximum atomic E-state index is 5.60. The Hall–Kier alpha value is -1.40. The molecule has 2 rings (SSSR count). The first-order valence-electron chi connectivity index (χ1n) is 7.36. The van der Waals surface area contributed by atoms with E-state index in [1.165, 1.54) is 12.8 Å². The Morgan fingerprint density at radius 3 is 2.75 bits per heavy atom. The monoisotopic (exact) mass is 279 g/mol. The van der Waals surface area contributed by atoms with Crippen molar-refractivity contribution in [1.29, 1.82) is 0 Å². The minimum Gasteiger partial charge on any atom is -0.381 e. The van der Waals surface area contributed by atoms with E-state index in [1.54, 1.807) is 0 Å². The molecule has 6 nitrogen and oxygen atoms in total. The van der Waals surface area contributed by atoms with Crippen molar-refractivity contribution in [2.45, 2.75) is 39.0 Å². The molecule has 20 heavy (non-hydrogen) atoms. The number of hydrazine groups is 1. The van der Waals surface area contributed by atoms with Crippen molar-refractivity contribution in [3.8, 4) is 0 Å². The minimum atomic E-state index is 0.269. The van der Waals surface area contributed by atoms with Crippen LogP contribution in [0.4, 0.5) is 11.6 Å². The van der Waals surface area contributed by atoms with Gasteiger partial charge >= 0.3 is 0 Å². The lowest BCUT2D eigenvalue weighted by Crippen LogP contribution is -2.14. The Labute approximate surface area is 120 Å². The first-order chi connectivity index (χ1) is 9.69. The van der Waals surface area contributed by atoms with Crippen LogP contribution in [-0.4, -0.2) is 29.7 Å². The SMILES string of the molecule is CC(C)c1nc(NN)cc(NCCCOCC2CC2)n1. The lowest BCUT2D eigenvalue weighted by Gasteiger charge is -2.11. The van der Waals surface area contributed by atoms with Crippen LogP contribution < -0.4 is 16.6 Å². The predicted molar refractivity (Wildman–Crippen MR) is 80.6 cm³/mol. The Morgan fingerprint density at radius 1 is 1.35 bits per heavy atom. The summed E-state index contributed by atoms with van der Waals surface area (Å²) in [6.45, 7) is 6.68. The number of nitrogens with two attached hydrogens (primary N) is 1. The van der Waals surface area contributed by atoms with Crippen molar-refractivity contribution in [2.24, 2.45) is 11.8 Å². The lowest BCUT2D eigenvalue weighted by atomic mass is 10.2. The first kappa shape index (κ1) is 15.0. The highest BCUT2D eigenvalue weighted by atomic mass is 16.5. The maximum Gasteiger partial charge on any atom is 0.145 e. The molecule has 0 atom stereocenters. The van der Waals surface area contributed by atoms with Gasteiger partial charge in [0.2, 0.25) is 0 Å². The van der Waals surface area contributed by atoms with Crippen molar-refractivity contribution in [3.05, 3.63) is 11.9 Å². The molecular weight excluding hydrogens is 254 g/mol. The van der Waals surface area contributed by atoms with Crippen LogP contribution in [0.2, 0.25) is 0 Å². The molecule has 0 radical (unpaired) electrons. The molecule has 112 valence electrons. The highest BCUT2D eigenvalue weighted by Crippen LogP contribution is 2.28. The molecular formula is C14H25N5O. The van der Waals surface area contributed by atoms with Crippen LogP contribution in [0.25, 0.3) is 0 Å². The molecule has 1 saturated carbocycles. The number of nitrogens with zero attached hydrogens (tertiary/aromatic N) is 2. The lowest BCUT2D eigenvalue weighted by molar-refractivity contribution is 0.124. The number of ether oxygens (including phenoxy) is 1. The second kappa shape index (κ2) is 7.40. The quantitative estimate of drug-likeness (QED) is 0.365. The fraction of sp³-hybridized carbons (Fsp3) is 0.714. The molecule has 1 aromatic heterocycles. The van der Waals surface area contributed by atoms with Crippen molar-refractivity contribution in [2.75, 3.05) is 30.5 Å². The average molecular weight is 279 g/mol. The van der Waals surface area contributed by atoms with Gasteiger partial charge in [-0.2, -0.15) is 0 Å². The zero-order chi connectivity index (χ0) is 14.4. The Bertz CT molecular complexity index is 420. The van der Waals surface area contributed by atoms with Gasteiger partial charge in [-0.3, -0.25) is 0 Å². The summed E-state index contributed by atoms with van der Waals surface area (Å²) < 4.78 is 5.60. The van der Waals surface area contributed by atoms with E-state index in [0.29, 0.717) is 5.82 Å². The van der Waals surface area contributed by atoms with Crippen LogP contribution in [0.1, 0.15) is 44.9 Å². The van der Waals surface area contributed by atoms with Crippen LogP contribution >= 0.6 is 0 Å². The number of rotatable bonds is 9. The second-order valence-electron chi connectivity index (χ2n) is 5.59. The standard InChI is InChI=1S/C14H25N5O/c1-10(2)14-17-12(8-13(18-14)19-15)16-6-3-7-20-9-11-4-5-11/h8,10-11H,3-7,9,15H2,1-2H3,(H2,16,17,18,19). The van der Waals surface area contributed by atoms with Crippen LogP contribution in [0.3, 0.4) is 0 Å². The summed E-state index contributed by atoms with van der Waals surface area (Å²) in [6.07, 6.45) is 3.65. The number of hydrogen-bond donors (Lipinski definition) is 3. The summed E-state index contributed by atoms with van der Waals surface area (Å²) in [6, 6.07) is 1.82. The molecule has 0 aliphatic heterocycles. The normalized spacial score (nSPS) is 14.6. The molecule has 0 unspecified atom stereocenters. The van der Waals surface area contributed by atoms with Crippen LogP contribution in [-0.2, 0) is 4.74 Å². The summed E-state index contributed by atoms with van der Waals surface area (Å²) in [4.78, 5) is 8.80. The smallest absolute Gasteiger partial charge is 0.145 e. The number of anilines is 2. The summed E-state index contributed by atoms with van der Waals surface area (Å²) in [5, 5.41) is 3.29. The van der Waals surface area contributed by atoms with E-state index in [-0.39, 0.29) is 5.92 Å². The van der Waals surface area contributed by atoms with E-state index >= 15 is 0 Å². The number of nitrogens with one attached hydrogen (secondary N) is 2. The number of hydrogen-bond acceptors (Lipinski definition) is 6. The zero-order valence-corrected chi connectivity index (χ0v) is 12.4. The first-order valence-corrected chi connectivity index (χ1v) is 7.36. The van der Waals surface area contributed by atoms with Gasteiger partial charge in [0, 0.05) is 31.7 Å². The third kappa shape index (κ3) is 4.94. The number of nitrogen functional groups attached to an aromatic ring is 1. The summed E-state index contributed by atoms with van der Waals surface area (Å²) in [7, 11) is 0. The molecule has 0 amide bonds. The average Bonchev–Trinajstić information content (AvgIpc) is 3.26. The highest BCUT2D eigenvalue weighted by Gasteiger charge is 2.20. The molecule has 1 aliphatic carbocycles. The molecule has 0 aromatic carbocycles. The highest BCUT2D eigenvalue weighted by molar-refractivity contribution is 5.47. The maximum absolute atomic E-state index is 5.60. The van der Waals surface area contributed by atoms with Gasteiger partial charge in [0.05, 0.1) is 0 Å². The van der Waals surface area contributed by atoms with Gasteiger partial charge in [-0.25, -0.2) is 15.8 Å². The minimum absolute atomic E-state index is 0.269. The Morgan fingerprint density at radius 2 is 2.10 bits per heavy atom. The van der Waals surface area contributed by atoms with Crippen molar-refractivity contribution < 1.29 is 4.74 Å². The second-order valence-corrected chi connectivity index (χ2v) is 5.59. The van der Waals surface area contributed by atoms with E-state index in [4.69, 9.17) is 10.6 Å². The molecule has 0 spiro atoms. The fourth-order valence-electron chi connectivity index (χ4n) is 1.81.